The Balaban J connectivity index is 0.664. The highest BCUT2D eigenvalue weighted by Gasteiger charge is 2.44. The Labute approximate surface area is 340 Å². The normalized spacial score (nSPS) is 18.8. The molecule has 300 valence electrons. The van der Waals surface area contributed by atoms with Crippen molar-refractivity contribution in [3.8, 4) is 34.3 Å². The van der Waals surface area contributed by atoms with Gasteiger partial charge in [0.15, 0.2) is 0 Å². The molecule has 3 aromatic heterocycles. The number of ether oxygens (including phenoxy) is 4. The van der Waals surface area contributed by atoms with E-state index in [4.69, 9.17) is 18.9 Å². The highest BCUT2D eigenvalue weighted by molar-refractivity contribution is 6.23. The lowest BCUT2D eigenvalue weighted by molar-refractivity contribution is -0.136. The average molecular weight is 794 g/mol. The van der Waals surface area contributed by atoms with Gasteiger partial charge >= 0.3 is 0 Å². The van der Waals surface area contributed by atoms with E-state index in [0.717, 1.165) is 82.5 Å². The molecule has 1 N–H and O–H groups in total. The molecule has 6 aromatic rings. The molecule has 1 unspecified atom stereocenters. The molecule has 59 heavy (non-hydrogen) atoms. The SMILES string of the molecule is Cn1c2ccncc2c2ccc(-c3ccc(OC4CC(Oc5cccc(OCCCCCCOc6ccc7c(c6)C(=O)N(C6CCC(=O)NC6=O)C7=O)c5)C4)nc3)cc21. The van der Waals surface area contributed by atoms with Gasteiger partial charge in [0, 0.05) is 78.9 Å². The van der Waals surface area contributed by atoms with Gasteiger partial charge in [-0.15, -0.1) is 0 Å². The molecule has 4 amide bonds. The maximum atomic E-state index is 13.1. The lowest BCUT2D eigenvalue weighted by Crippen LogP contribution is -2.54. The third-order valence-electron chi connectivity index (χ3n) is 11.3. The molecule has 13 heteroatoms. The maximum Gasteiger partial charge on any atom is 0.262 e. The van der Waals surface area contributed by atoms with E-state index in [2.05, 4.69) is 51.2 Å². The van der Waals surface area contributed by atoms with Crippen molar-refractivity contribution < 1.29 is 38.1 Å². The minimum absolute atomic E-state index is 0.0463. The fourth-order valence-electron chi connectivity index (χ4n) is 8.04. The summed E-state index contributed by atoms with van der Waals surface area (Å²) in [7, 11) is 2.08. The molecule has 0 bridgehead atoms. The number of imide groups is 2. The van der Waals surface area contributed by atoms with Gasteiger partial charge in [-0.25, -0.2) is 4.98 Å². The third kappa shape index (κ3) is 7.80. The zero-order valence-electron chi connectivity index (χ0n) is 32.6. The van der Waals surface area contributed by atoms with E-state index in [-0.39, 0.29) is 36.2 Å². The quantitative estimate of drug-likeness (QED) is 0.0836. The molecule has 0 spiro atoms. The maximum absolute atomic E-state index is 13.1. The standard InChI is InChI=1S/C46H43N5O8/c1-50-39-17-18-47-27-38(39)35-12-9-28(21-41(35)50)29-10-16-43(48-26-29)59-34-23-33(24-34)58-32-8-6-7-30(22-32)56-19-4-2-3-5-20-57-31-11-13-36-37(25-31)46(55)51(45(36)54)40-14-15-42(52)49-44(40)53/h6-13,16-18,21-22,25-27,33-34,40H,2-5,14-15,19-20,23-24H2,1H3,(H,49,52,53). The largest absolute Gasteiger partial charge is 0.494 e. The summed E-state index contributed by atoms with van der Waals surface area (Å²) in [4.78, 5) is 59.7. The van der Waals surface area contributed by atoms with Crippen molar-refractivity contribution in [1.29, 1.82) is 0 Å². The second-order valence-electron chi connectivity index (χ2n) is 15.3. The highest BCUT2D eigenvalue weighted by Crippen LogP contribution is 2.34. The van der Waals surface area contributed by atoms with Crippen LogP contribution in [0.5, 0.6) is 23.1 Å². The summed E-state index contributed by atoms with van der Waals surface area (Å²) in [6, 6.07) is 24.0. The molecule has 1 atom stereocenters. The number of fused-ring (bicyclic) bond motifs is 4. The number of pyridine rings is 2. The summed E-state index contributed by atoms with van der Waals surface area (Å²) in [6.45, 7) is 1.03. The number of unbranched alkanes of at least 4 members (excludes halogenated alkanes) is 3. The molecule has 3 aliphatic rings. The van der Waals surface area contributed by atoms with Crippen LogP contribution >= 0.6 is 0 Å². The zero-order valence-corrected chi connectivity index (χ0v) is 32.6. The van der Waals surface area contributed by atoms with Crippen molar-refractivity contribution in [1.82, 2.24) is 24.8 Å². The number of piperidine rings is 1. The minimum atomic E-state index is -0.995. The molecule has 5 heterocycles. The molecular formula is C46H43N5O8. The number of hydrogen-bond acceptors (Lipinski definition) is 10. The molecule has 3 aromatic carbocycles. The van der Waals surface area contributed by atoms with Crippen LogP contribution in [0.4, 0.5) is 0 Å². The number of aromatic nitrogens is 3. The van der Waals surface area contributed by atoms with Gasteiger partial charge in [0.2, 0.25) is 17.7 Å². The van der Waals surface area contributed by atoms with Crippen LogP contribution in [0.25, 0.3) is 32.9 Å². The predicted octanol–water partition coefficient (Wildman–Crippen LogP) is 7.20. The number of benzene rings is 3. The monoisotopic (exact) mass is 793 g/mol. The summed E-state index contributed by atoms with van der Waals surface area (Å²) < 4.78 is 26.5. The van der Waals surface area contributed by atoms with E-state index in [1.165, 1.54) is 5.39 Å². The number of hydrogen-bond donors (Lipinski definition) is 1. The number of aryl methyl sites for hydroxylation is 1. The van der Waals surface area contributed by atoms with Crippen molar-refractivity contribution in [2.24, 2.45) is 7.05 Å². The third-order valence-corrected chi connectivity index (χ3v) is 11.3. The lowest BCUT2D eigenvalue weighted by atomic mass is 9.92. The lowest BCUT2D eigenvalue weighted by Gasteiger charge is -2.35. The van der Waals surface area contributed by atoms with Gasteiger partial charge in [0.25, 0.3) is 11.8 Å². The van der Waals surface area contributed by atoms with Gasteiger partial charge in [0.05, 0.1) is 29.9 Å². The first-order valence-corrected chi connectivity index (χ1v) is 20.1. The van der Waals surface area contributed by atoms with Crippen LogP contribution in [0.15, 0.2) is 97.5 Å². The second kappa shape index (κ2) is 16.2. The molecule has 0 radical (unpaired) electrons. The molecule has 1 saturated carbocycles. The Morgan fingerprint density at radius 3 is 2.22 bits per heavy atom. The summed E-state index contributed by atoms with van der Waals surface area (Å²) >= 11 is 0. The molecule has 1 aliphatic carbocycles. The van der Waals surface area contributed by atoms with E-state index in [1.54, 1.807) is 18.2 Å². The fraction of sp³-hybridized carbons (Fsp3) is 0.304. The Kier molecular flexibility index (Phi) is 10.4. The van der Waals surface area contributed by atoms with Crippen LogP contribution in [0.1, 0.15) is 72.1 Å². The summed E-state index contributed by atoms with van der Waals surface area (Å²) in [6.07, 6.45) is 11.0. The van der Waals surface area contributed by atoms with E-state index in [1.807, 2.05) is 55.0 Å². The van der Waals surface area contributed by atoms with Gasteiger partial charge in [-0.2, -0.15) is 0 Å². The Morgan fingerprint density at radius 1 is 0.695 bits per heavy atom. The van der Waals surface area contributed by atoms with E-state index < -0.39 is 29.7 Å². The number of carbonyl (C=O) groups excluding carboxylic acids is 4. The van der Waals surface area contributed by atoms with Crippen LogP contribution in [0.3, 0.4) is 0 Å². The number of carbonyl (C=O) groups is 4. The number of amides is 4. The average Bonchev–Trinajstić information content (AvgIpc) is 3.66. The van der Waals surface area contributed by atoms with Crippen molar-refractivity contribution in [2.75, 3.05) is 13.2 Å². The molecule has 2 aliphatic heterocycles. The molecule has 1 saturated heterocycles. The van der Waals surface area contributed by atoms with Gasteiger partial charge < -0.3 is 23.5 Å². The Bertz CT molecular complexity index is 2580. The van der Waals surface area contributed by atoms with Crippen molar-refractivity contribution in [2.45, 2.75) is 69.6 Å². The van der Waals surface area contributed by atoms with Gasteiger partial charge in [-0.3, -0.25) is 34.4 Å². The molecule has 2 fully saturated rings. The summed E-state index contributed by atoms with van der Waals surface area (Å²) in [5.74, 6) is 0.499. The van der Waals surface area contributed by atoms with E-state index in [9.17, 15) is 19.2 Å². The number of rotatable bonds is 15. The van der Waals surface area contributed by atoms with E-state index >= 15 is 0 Å². The topological polar surface area (TPSA) is 151 Å². The van der Waals surface area contributed by atoms with Crippen LogP contribution in [0.2, 0.25) is 0 Å². The van der Waals surface area contributed by atoms with Gasteiger partial charge in [0.1, 0.15) is 35.5 Å². The Hall–Kier alpha value is -6.76. The first-order valence-electron chi connectivity index (χ1n) is 20.1. The highest BCUT2D eigenvalue weighted by atomic mass is 16.5. The van der Waals surface area contributed by atoms with Gasteiger partial charge in [-0.1, -0.05) is 18.2 Å². The molecule has 13 nitrogen and oxygen atoms in total. The summed E-state index contributed by atoms with van der Waals surface area (Å²) in [5, 5.41) is 4.54. The zero-order chi connectivity index (χ0) is 40.5. The minimum Gasteiger partial charge on any atom is -0.494 e. The van der Waals surface area contributed by atoms with Gasteiger partial charge in [-0.05, 0) is 86.2 Å². The predicted molar refractivity (Wildman–Crippen MR) is 219 cm³/mol. The summed E-state index contributed by atoms with van der Waals surface area (Å²) in [5.41, 5.74) is 4.87. The number of nitrogens with zero attached hydrogens (tertiary/aromatic N) is 4. The first-order chi connectivity index (χ1) is 28.8. The van der Waals surface area contributed by atoms with Crippen molar-refractivity contribution in [3.05, 3.63) is 109 Å². The van der Waals surface area contributed by atoms with Crippen molar-refractivity contribution in [3.63, 3.8) is 0 Å². The molecular weight excluding hydrogens is 751 g/mol. The Morgan fingerprint density at radius 2 is 1.44 bits per heavy atom. The van der Waals surface area contributed by atoms with E-state index in [0.29, 0.717) is 24.8 Å². The van der Waals surface area contributed by atoms with Crippen LogP contribution in [-0.2, 0) is 16.6 Å². The van der Waals surface area contributed by atoms with Crippen LogP contribution < -0.4 is 24.3 Å². The smallest absolute Gasteiger partial charge is 0.262 e. The second-order valence-corrected chi connectivity index (χ2v) is 15.3. The van der Waals surface area contributed by atoms with Crippen LogP contribution in [0, 0.1) is 0 Å². The fourth-order valence-corrected chi connectivity index (χ4v) is 8.04. The molecule has 9 rings (SSSR count). The first kappa shape index (κ1) is 37.8. The van der Waals surface area contributed by atoms with Crippen LogP contribution in [-0.4, -0.2) is 74.5 Å². The van der Waals surface area contributed by atoms with Crippen molar-refractivity contribution >= 4 is 45.4 Å². The number of nitrogens with one attached hydrogen (secondary N) is 1.